The third kappa shape index (κ3) is 3.96. The molecule has 1 aromatic rings. The van der Waals surface area contributed by atoms with Crippen molar-refractivity contribution in [3.63, 3.8) is 0 Å². The van der Waals surface area contributed by atoms with Gasteiger partial charge in [0.25, 0.3) is 11.8 Å². The van der Waals surface area contributed by atoms with Gasteiger partial charge in [0.05, 0.1) is 11.1 Å². The van der Waals surface area contributed by atoms with Crippen LogP contribution in [0.25, 0.3) is 0 Å². The number of likely N-dealkylation sites (tertiary alicyclic amines) is 1. The molecule has 136 valence electrons. The second-order valence-corrected chi connectivity index (χ2v) is 7.12. The summed E-state index contributed by atoms with van der Waals surface area (Å²) in [5, 5.41) is 3.27. The van der Waals surface area contributed by atoms with Gasteiger partial charge in [-0.25, -0.2) is 0 Å². The standard InChI is InChI=1S/C18H24N4O2.HI/c1-18(2)8-10-21(12-18)17(19-3)20-9-11-22-15(23)13-6-4-5-7-14(13)16(22)24;/h4-7H,8-12H2,1-3H3,(H,19,20);1H. The van der Waals surface area contributed by atoms with E-state index in [1.165, 1.54) is 4.90 Å². The van der Waals surface area contributed by atoms with Crippen molar-refractivity contribution in [1.82, 2.24) is 15.1 Å². The van der Waals surface area contributed by atoms with Crippen LogP contribution in [-0.4, -0.2) is 60.8 Å². The maximum absolute atomic E-state index is 12.3. The zero-order valence-corrected chi connectivity index (χ0v) is 17.2. The first-order valence-corrected chi connectivity index (χ1v) is 8.34. The Labute approximate surface area is 165 Å². The first kappa shape index (κ1) is 19.7. The number of hydrogen-bond donors (Lipinski definition) is 1. The Hall–Kier alpha value is -1.64. The predicted molar refractivity (Wildman–Crippen MR) is 109 cm³/mol. The summed E-state index contributed by atoms with van der Waals surface area (Å²) in [5.41, 5.74) is 1.28. The largest absolute Gasteiger partial charge is 0.354 e. The first-order chi connectivity index (χ1) is 11.4. The van der Waals surface area contributed by atoms with E-state index in [9.17, 15) is 9.59 Å². The minimum Gasteiger partial charge on any atom is -0.354 e. The summed E-state index contributed by atoms with van der Waals surface area (Å²) in [6.07, 6.45) is 1.13. The summed E-state index contributed by atoms with van der Waals surface area (Å²) in [6, 6.07) is 6.97. The van der Waals surface area contributed by atoms with Crippen molar-refractivity contribution in [3.05, 3.63) is 35.4 Å². The highest BCUT2D eigenvalue weighted by molar-refractivity contribution is 14.0. The maximum atomic E-state index is 12.3. The van der Waals surface area contributed by atoms with Gasteiger partial charge in [-0.05, 0) is 24.0 Å². The Bertz CT molecular complexity index is 667. The molecule has 1 aromatic carbocycles. The highest BCUT2D eigenvalue weighted by Gasteiger charge is 2.35. The van der Waals surface area contributed by atoms with Crippen LogP contribution in [0.3, 0.4) is 0 Å². The van der Waals surface area contributed by atoms with Crippen LogP contribution in [0, 0.1) is 5.41 Å². The van der Waals surface area contributed by atoms with Crippen LogP contribution in [-0.2, 0) is 0 Å². The molecule has 1 saturated heterocycles. The highest BCUT2D eigenvalue weighted by Crippen LogP contribution is 2.28. The number of hydrogen-bond acceptors (Lipinski definition) is 3. The molecule has 25 heavy (non-hydrogen) atoms. The molecule has 0 atom stereocenters. The second-order valence-electron chi connectivity index (χ2n) is 7.12. The quantitative estimate of drug-likeness (QED) is 0.328. The fourth-order valence-corrected chi connectivity index (χ4v) is 3.35. The normalized spacial score (nSPS) is 19.1. The first-order valence-electron chi connectivity index (χ1n) is 8.34. The van der Waals surface area contributed by atoms with Gasteiger partial charge in [-0.15, -0.1) is 24.0 Å². The second kappa shape index (κ2) is 7.72. The number of halogens is 1. The van der Waals surface area contributed by atoms with Gasteiger partial charge in [-0.1, -0.05) is 26.0 Å². The van der Waals surface area contributed by atoms with Gasteiger partial charge in [0, 0.05) is 33.2 Å². The molecule has 6 nitrogen and oxygen atoms in total. The molecule has 0 saturated carbocycles. The predicted octanol–water partition coefficient (Wildman–Crippen LogP) is 2.21. The Balaban J connectivity index is 0.00000225. The average molecular weight is 456 g/mol. The molecule has 7 heteroatoms. The van der Waals surface area contributed by atoms with Gasteiger partial charge in [0.1, 0.15) is 0 Å². The van der Waals surface area contributed by atoms with Gasteiger partial charge in [-0.2, -0.15) is 0 Å². The molecule has 2 aliphatic rings. The summed E-state index contributed by atoms with van der Waals surface area (Å²) in [4.78, 5) is 32.5. The van der Waals surface area contributed by atoms with Gasteiger partial charge in [0.15, 0.2) is 5.96 Å². The van der Waals surface area contributed by atoms with Crippen molar-refractivity contribution >= 4 is 41.8 Å². The van der Waals surface area contributed by atoms with E-state index in [0.29, 0.717) is 29.6 Å². The molecule has 0 radical (unpaired) electrons. The minimum absolute atomic E-state index is 0. The average Bonchev–Trinajstić information content (AvgIpc) is 3.04. The fraction of sp³-hybridized carbons (Fsp3) is 0.500. The highest BCUT2D eigenvalue weighted by atomic mass is 127. The number of carbonyl (C=O) groups is 2. The molecular formula is C18H25IN4O2. The minimum atomic E-state index is -0.213. The van der Waals surface area contributed by atoms with Gasteiger partial charge in [-0.3, -0.25) is 19.5 Å². The van der Waals surface area contributed by atoms with E-state index in [1.807, 2.05) is 0 Å². The molecule has 1 N–H and O–H groups in total. The number of guanidine groups is 1. The number of aliphatic imine (C=N–C) groups is 1. The number of rotatable bonds is 3. The molecule has 0 aromatic heterocycles. The van der Waals surface area contributed by atoms with Gasteiger partial charge < -0.3 is 10.2 Å². The molecule has 0 aliphatic carbocycles. The fourth-order valence-electron chi connectivity index (χ4n) is 3.35. The van der Waals surface area contributed by atoms with Crippen molar-refractivity contribution in [2.75, 3.05) is 33.2 Å². The number of imide groups is 1. The smallest absolute Gasteiger partial charge is 0.261 e. The monoisotopic (exact) mass is 456 g/mol. The van der Waals surface area contributed by atoms with Crippen LogP contribution in [0.15, 0.2) is 29.3 Å². The van der Waals surface area contributed by atoms with E-state index in [2.05, 4.69) is 29.1 Å². The van der Waals surface area contributed by atoms with Crippen LogP contribution in [0.4, 0.5) is 0 Å². The SMILES string of the molecule is CN=C(NCCN1C(=O)c2ccccc2C1=O)N1CCC(C)(C)C1.I. The molecule has 1 fully saturated rings. The maximum Gasteiger partial charge on any atom is 0.261 e. The van der Waals surface area contributed by atoms with Crippen LogP contribution in [0.2, 0.25) is 0 Å². The van der Waals surface area contributed by atoms with Crippen molar-refractivity contribution < 1.29 is 9.59 Å². The lowest BCUT2D eigenvalue weighted by molar-refractivity contribution is 0.0657. The molecule has 2 amide bonds. The van der Waals surface area contributed by atoms with E-state index in [1.54, 1.807) is 31.3 Å². The number of benzene rings is 1. The van der Waals surface area contributed by atoms with Gasteiger partial charge in [0.2, 0.25) is 0 Å². The van der Waals surface area contributed by atoms with E-state index in [4.69, 9.17) is 0 Å². The summed E-state index contributed by atoms with van der Waals surface area (Å²) in [5.74, 6) is 0.404. The van der Waals surface area contributed by atoms with Crippen molar-refractivity contribution in [2.45, 2.75) is 20.3 Å². The van der Waals surface area contributed by atoms with E-state index in [-0.39, 0.29) is 35.8 Å². The summed E-state index contributed by atoms with van der Waals surface area (Å²) >= 11 is 0. The van der Waals surface area contributed by atoms with E-state index in [0.717, 1.165) is 25.5 Å². The van der Waals surface area contributed by atoms with Gasteiger partial charge >= 0.3 is 0 Å². The number of amides is 2. The van der Waals surface area contributed by atoms with Crippen LogP contribution in [0.5, 0.6) is 0 Å². The molecule has 0 bridgehead atoms. The van der Waals surface area contributed by atoms with Crippen molar-refractivity contribution in [3.8, 4) is 0 Å². The Kier molecular flexibility index (Phi) is 6.08. The van der Waals surface area contributed by atoms with E-state index >= 15 is 0 Å². The van der Waals surface area contributed by atoms with Crippen molar-refractivity contribution in [2.24, 2.45) is 10.4 Å². The number of nitrogens with zero attached hydrogens (tertiary/aromatic N) is 3. The zero-order valence-electron chi connectivity index (χ0n) is 14.9. The topological polar surface area (TPSA) is 65.0 Å². The van der Waals surface area contributed by atoms with Crippen LogP contribution >= 0.6 is 24.0 Å². The molecule has 0 unspecified atom stereocenters. The Morgan fingerprint density at radius 3 is 2.28 bits per heavy atom. The lowest BCUT2D eigenvalue weighted by Gasteiger charge is -2.24. The summed E-state index contributed by atoms with van der Waals surface area (Å²) in [7, 11) is 1.76. The Morgan fingerprint density at radius 2 is 1.80 bits per heavy atom. The molecular weight excluding hydrogens is 431 g/mol. The summed E-state index contributed by atoms with van der Waals surface area (Å²) < 4.78 is 0. The lowest BCUT2D eigenvalue weighted by atomic mass is 9.93. The molecule has 2 aliphatic heterocycles. The number of carbonyl (C=O) groups excluding carboxylic acids is 2. The molecule has 0 spiro atoms. The van der Waals surface area contributed by atoms with Crippen molar-refractivity contribution in [1.29, 1.82) is 0 Å². The molecule has 2 heterocycles. The molecule has 3 rings (SSSR count). The lowest BCUT2D eigenvalue weighted by Crippen LogP contribution is -2.44. The zero-order chi connectivity index (χ0) is 17.3. The number of nitrogens with one attached hydrogen (secondary N) is 1. The number of fused-ring (bicyclic) bond motifs is 1. The Morgan fingerprint density at radius 1 is 1.20 bits per heavy atom. The third-order valence-corrected chi connectivity index (χ3v) is 4.69. The summed E-state index contributed by atoms with van der Waals surface area (Å²) in [6.45, 7) is 7.26. The van der Waals surface area contributed by atoms with Crippen LogP contribution in [0.1, 0.15) is 41.0 Å². The third-order valence-electron chi connectivity index (χ3n) is 4.69. The van der Waals surface area contributed by atoms with Crippen LogP contribution < -0.4 is 5.32 Å². The van der Waals surface area contributed by atoms with E-state index < -0.39 is 0 Å².